The molecule has 0 radical (unpaired) electrons. The molecule has 0 fully saturated rings. The molecule has 1 rings (SSSR count). The van der Waals surface area contributed by atoms with Gasteiger partial charge in [-0.25, -0.2) is 0 Å². The van der Waals surface area contributed by atoms with Crippen molar-refractivity contribution < 1.29 is 14.6 Å². The molecule has 0 atom stereocenters. The van der Waals surface area contributed by atoms with Gasteiger partial charge in [-0.1, -0.05) is 17.7 Å². The molecule has 0 saturated heterocycles. The normalized spacial score (nSPS) is 10.4. The highest BCUT2D eigenvalue weighted by atomic mass is 35.5. The van der Waals surface area contributed by atoms with E-state index in [1.807, 2.05) is 12.1 Å². The first-order valence-corrected chi connectivity index (χ1v) is 5.83. The molecule has 17 heavy (non-hydrogen) atoms. The minimum absolute atomic E-state index is 0.187. The van der Waals surface area contributed by atoms with Gasteiger partial charge in [-0.2, -0.15) is 0 Å². The van der Waals surface area contributed by atoms with Crippen LogP contribution in [0, 0.1) is 0 Å². The second-order valence-electron chi connectivity index (χ2n) is 3.53. The summed E-state index contributed by atoms with van der Waals surface area (Å²) in [7, 11) is 3.14. The zero-order chi connectivity index (χ0) is 12.7. The molecule has 0 saturated carbocycles. The fourth-order valence-electron chi connectivity index (χ4n) is 1.49. The molecule has 0 aliphatic carbocycles. The molecular weight excluding hydrogens is 242 g/mol. The number of benzene rings is 1. The number of halogens is 1. The Balaban J connectivity index is 2.73. The van der Waals surface area contributed by atoms with E-state index in [2.05, 4.69) is 5.32 Å². The maximum atomic E-state index is 8.67. The lowest BCUT2D eigenvalue weighted by molar-refractivity contribution is 0.286. The molecule has 0 aliphatic heterocycles. The van der Waals surface area contributed by atoms with Gasteiger partial charge in [0, 0.05) is 13.2 Å². The van der Waals surface area contributed by atoms with E-state index in [1.165, 1.54) is 0 Å². The fraction of sp³-hybridized carbons (Fsp3) is 0.500. The summed E-state index contributed by atoms with van der Waals surface area (Å²) < 4.78 is 10.4. The van der Waals surface area contributed by atoms with Crippen molar-refractivity contribution in [2.75, 3.05) is 27.4 Å². The van der Waals surface area contributed by atoms with Gasteiger partial charge in [0.2, 0.25) is 0 Å². The van der Waals surface area contributed by atoms with E-state index < -0.39 is 0 Å². The first kappa shape index (κ1) is 14.1. The zero-order valence-corrected chi connectivity index (χ0v) is 10.9. The summed E-state index contributed by atoms with van der Waals surface area (Å²) in [5, 5.41) is 12.4. The third-order valence-corrected chi connectivity index (χ3v) is 2.81. The van der Waals surface area contributed by atoms with Gasteiger partial charge in [0.15, 0.2) is 11.5 Å². The molecule has 0 amide bonds. The highest BCUT2D eigenvalue weighted by Gasteiger charge is 2.12. The quantitative estimate of drug-likeness (QED) is 0.734. The van der Waals surface area contributed by atoms with E-state index in [0.717, 1.165) is 18.5 Å². The number of hydrogen-bond acceptors (Lipinski definition) is 4. The lowest BCUT2D eigenvalue weighted by Gasteiger charge is -2.13. The van der Waals surface area contributed by atoms with Gasteiger partial charge in [0.25, 0.3) is 0 Å². The van der Waals surface area contributed by atoms with Crippen molar-refractivity contribution in [1.29, 1.82) is 0 Å². The molecular formula is C12H18ClNO3. The van der Waals surface area contributed by atoms with Gasteiger partial charge in [-0.05, 0) is 24.6 Å². The van der Waals surface area contributed by atoms with E-state index >= 15 is 0 Å². The van der Waals surface area contributed by atoms with E-state index in [0.29, 0.717) is 23.1 Å². The summed E-state index contributed by atoms with van der Waals surface area (Å²) in [4.78, 5) is 0. The maximum absolute atomic E-state index is 8.67. The molecule has 96 valence electrons. The first-order valence-electron chi connectivity index (χ1n) is 5.45. The smallest absolute Gasteiger partial charge is 0.179 e. The van der Waals surface area contributed by atoms with Crippen LogP contribution in [0.1, 0.15) is 12.0 Å². The summed E-state index contributed by atoms with van der Waals surface area (Å²) in [6, 6.07) is 3.73. The minimum atomic E-state index is 0.187. The van der Waals surface area contributed by atoms with Crippen LogP contribution in [0.15, 0.2) is 12.1 Å². The van der Waals surface area contributed by atoms with Gasteiger partial charge < -0.3 is 19.9 Å². The lowest BCUT2D eigenvalue weighted by Crippen LogP contribution is -2.16. The van der Waals surface area contributed by atoms with Crippen molar-refractivity contribution >= 4 is 11.6 Å². The molecule has 0 aliphatic rings. The first-order chi connectivity index (χ1) is 8.24. The predicted octanol–water partition coefficient (Wildman–Crippen LogP) is 1.83. The molecule has 0 aromatic heterocycles. The molecule has 2 N–H and O–H groups in total. The molecule has 0 bridgehead atoms. The van der Waals surface area contributed by atoms with Crippen molar-refractivity contribution in [2.45, 2.75) is 13.0 Å². The zero-order valence-electron chi connectivity index (χ0n) is 10.1. The number of aliphatic hydroxyl groups excluding tert-OH is 1. The number of methoxy groups -OCH3 is 2. The number of rotatable bonds is 7. The molecule has 0 unspecified atom stereocenters. The number of ether oxygens (including phenoxy) is 2. The predicted molar refractivity (Wildman–Crippen MR) is 68.0 cm³/mol. The molecule has 1 aromatic rings. The average Bonchev–Trinajstić information content (AvgIpc) is 2.35. The highest BCUT2D eigenvalue weighted by Crippen LogP contribution is 2.37. The monoisotopic (exact) mass is 259 g/mol. The van der Waals surface area contributed by atoms with Crippen LogP contribution in [0.25, 0.3) is 0 Å². The second kappa shape index (κ2) is 7.37. The minimum Gasteiger partial charge on any atom is -0.493 e. The summed E-state index contributed by atoms with van der Waals surface area (Å²) >= 11 is 6.21. The van der Waals surface area contributed by atoms with E-state index in [4.69, 9.17) is 26.2 Å². The van der Waals surface area contributed by atoms with E-state index in [1.54, 1.807) is 14.2 Å². The van der Waals surface area contributed by atoms with Gasteiger partial charge >= 0.3 is 0 Å². The number of aliphatic hydroxyl groups is 1. The standard InChI is InChI=1S/C12H18ClNO3/c1-16-10-5-4-9(8-14-6-3-7-15)11(13)12(10)17-2/h4-5,14-15H,3,6-8H2,1-2H3. The van der Waals surface area contributed by atoms with Crippen LogP contribution in [0.4, 0.5) is 0 Å². The van der Waals surface area contributed by atoms with Crippen molar-refractivity contribution in [3.63, 3.8) is 0 Å². The fourth-order valence-corrected chi connectivity index (χ4v) is 1.79. The molecule has 1 aromatic carbocycles. The molecule has 0 heterocycles. The topological polar surface area (TPSA) is 50.7 Å². The Bertz CT molecular complexity index is 358. The largest absolute Gasteiger partial charge is 0.493 e. The van der Waals surface area contributed by atoms with Gasteiger partial charge in [-0.3, -0.25) is 0 Å². The van der Waals surface area contributed by atoms with E-state index in [9.17, 15) is 0 Å². The summed E-state index contributed by atoms with van der Waals surface area (Å²) in [5.74, 6) is 1.17. The van der Waals surface area contributed by atoms with Gasteiger partial charge in [-0.15, -0.1) is 0 Å². The summed E-state index contributed by atoms with van der Waals surface area (Å²) in [5.41, 5.74) is 0.947. The Hall–Kier alpha value is -0.970. The maximum Gasteiger partial charge on any atom is 0.179 e. The van der Waals surface area contributed by atoms with Crippen LogP contribution in [-0.2, 0) is 6.54 Å². The number of hydrogen-bond donors (Lipinski definition) is 2. The van der Waals surface area contributed by atoms with Crippen molar-refractivity contribution in [3.05, 3.63) is 22.7 Å². The van der Waals surface area contributed by atoms with Gasteiger partial charge in [0.05, 0.1) is 19.2 Å². The lowest BCUT2D eigenvalue weighted by atomic mass is 10.2. The van der Waals surface area contributed by atoms with Crippen LogP contribution < -0.4 is 14.8 Å². The van der Waals surface area contributed by atoms with Gasteiger partial charge in [0.1, 0.15) is 0 Å². The summed E-state index contributed by atoms with van der Waals surface area (Å²) in [6.07, 6.45) is 0.727. The number of nitrogens with one attached hydrogen (secondary N) is 1. The SMILES string of the molecule is COc1ccc(CNCCCO)c(Cl)c1OC. The van der Waals surface area contributed by atoms with Crippen LogP contribution in [0.5, 0.6) is 11.5 Å². The van der Waals surface area contributed by atoms with Crippen LogP contribution >= 0.6 is 11.6 Å². The Labute approximate surface area is 106 Å². The average molecular weight is 260 g/mol. The Kier molecular flexibility index (Phi) is 6.11. The third kappa shape index (κ3) is 3.77. The Morgan fingerprint density at radius 1 is 1.29 bits per heavy atom. The van der Waals surface area contributed by atoms with E-state index in [-0.39, 0.29) is 6.61 Å². The summed E-state index contributed by atoms with van der Waals surface area (Å²) in [6.45, 7) is 1.58. The molecule has 4 nitrogen and oxygen atoms in total. The van der Waals surface area contributed by atoms with Crippen LogP contribution in [0.3, 0.4) is 0 Å². The van der Waals surface area contributed by atoms with Crippen molar-refractivity contribution in [3.8, 4) is 11.5 Å². The van der Waals surface area contributed by atoms with Crippen LogP contribution in [0.2, 0.25) is 5.02 Å². The van der Waals surface area contributed by atoms with Crippen LogP contribution in [-0.4, -0.2) is 32.5 Å². The second-order valence-corrected chi connectivity index (χ2v) is 3.91. The van der Waals surface area contributed by atoms with Crippen molar-refractivity contribution in [2.24, 2.45) is 0 Å². The third-order valence-electron chi connectivity index (χ3n) is 2.39. The highest BCUT2D eigenvalue weighted by molar-refractivity contribution is 6.33. The Morgan fingerprint density at radius 3 is 2.65 bits per heavy atom. The Morgan fingerprint density at radius 2 is 2.06 bits per heavy atom. The molecule has 5 heteroatoms. The van der Waals surface area contributed by atoms with Crippen molar-refractivity contribution in [1.82, 2.24) is 5.32 Å². The molecule has 0 spiro atoms.